The molecule has 0 aromatic carbocycles. The molecule has 9 nitrogen and oxygen atoms in total. The molecule has 0 radical (unpaired) electrons. The molecule has 2 heterocycles. The van der Waals surface area contributed by atoms with E-state index in [1.807, 2.05) is 0 Å². The molecule has 0 bridgehead atoms. The highest BCUT2D eigenvalue weighted by Gasteiger charge is 2.44. The highest BCUT2D eigenvalue weighted by molar-refractivity contribution is 7.89. The second-order valence-electron chi connectivity index (χ2n) is 7.15. The number of carbonyl (C=O) groups excluding carboxylic acids is 1. The van der Waals surface area contributed by atoms with Crippen LogP contribution in [0.5, 0.6) is 0 Å². The fourth-order valence-corrected chi connectivity index (χ4v) is 4.90. The van der Waals surface area contributed by atoms with Crippen LogP contribution in [0.4, 0.5) is 9.18 Å². The molecule has 1 aliphatic rings. The van der Waals surface area contributed by atoms with E-state index in [0.29, 0.717) is 11.3 Å². The molecule has 0 spiro atoms. The highest BCUT2D eigenvalue weighted by atomic mass is 32.2. The Morgan fingerprint density at radius 1 is 1.52 bits per heavy atom. The van der Waals surface area contributed by atoms with Crippen molar-refractivity contribution >= 4 is 39.4 Å². The number of aromatic carboxylic acids is 1. The lowest BCUT2D eigenvalue weighted by molar-refractivity contribution is 0.0558. The molecule has 1 amide bonds. The number of carboxylic acid groups (broad SMARTS) is 1. The minimum absolute atomic E-state index is 0.153. The molecule has 1 atom stereocenters. The average Bonchev–Trinajstić information content (AvgIpc) is 3.04. The third-order valence-electron chi connectivity index (χ3n) is 3.53. The van der Waals surface area contributed by atoms with Gasteiger partial charge in [-0.2, -0.15) is 0 Å². The lowest BCUT2D eigenvalue weighted by atomic mass is 10.0. The number of halogens is 1. The van der Waals surface area contributed by atoms with Crippen LogP contribution in [0, 0.1) is 5.82 Å². The lowest BCUT2D eigenvalue weighted by Gasteiger charge is -2.35. The molecular weight excluding hydrogens is 401 g/mol. The Balaban J connectivity index is 0.00000212. The number of guanidine groups is 1. The molecule has 1 aromatic heterocycles. The number of hydrogen-bond acceptors (Lipinski definition) is 7. The third kappa shape index (κ3) is 4.56. The molecule has 154 valence electrons. The lowest BCUT2D eigenvalue weighted by Crippen LogP contribution is -2.54. The minimum Gasteiger partial charge on any atom is -0.477 e. The molecular formula is C15H24FN3O6S2. The van der Waals surface area contributed by atoms with E-state index in [2.05, 4.69) is 10.3 Å². The summed E-state index contributed by atoms with van der Waals surface area (Å²) >= 11 is 0.597. The first-order chi connectivity index (χ1) is 14.1. The molecule has 0 saturated carbocycles. The number of hydrogen-bond donors (Lipinski definition) is 2. The van der Waals surface area contributed by atoms with Crippen molar-refractivity contribution in [1.82, 2.24) is 9.62 Å². The van der Waals surface area contributed by atoms with E-state index in [4.69, 9.17) is 15.8 Å². The van der Waals surface area contributed by atoms with Gasteiger partial charge in [0, 0.05) is 13.0 Å². The smallest absolute Gasteiger partial charge is 0.414 e. The summed E-state index contributed by atoms with van der Waals surface area (Å²) in [6.07, 6.45) is -0.926. The summed E-state index contributed by atoms with van der Waals surface area (Å²) in [6.45, 7) is 6.26. The van der Waals surface area contributed by atoms with Crippen LogP contribution in [0.2, 0.25) is 0 Å². The average molecular weight is 430 g/mol. The number of thiophene rings is 1. The number of amides is 1. The van der Waals surface area contributed by atoms with Crippen LogP contribution >= 0.6 is 11.3 Å². The van der Waals surface area contributed by atoms with Crippen molar-refractivity contribution in [1.29, 1.82) is 0 Å². The molecule has 12 heteroatoms. The summed E-state index contributed by atoms with van der Waals surface area (Å²) < 4.78 is 65.2. The number of ether oxygens (including phenoxy) is 1. The number of carboxylic acids is 1. The summed E-state index contributed by atoms with van der Waals surface area (Å²) in [7, 11) is -2.77. The van der Waals surface area contributed by atoms with Gasteiger partial charge in [-0.3, -0.25) is 5.32 Å². The number of rotatable bonds is 2. The molecule has 0 fully saturated rings. The van der Waals surface area contributed by atoms with Gasteiger partial charge in [-0.15, -0.1) is 11.3 Å². The van der Waals surface area contributed by atoms with Gasteiger partial charge >= 0.3 is 12.1 Å². The van der Waals surface area contributed by atoms with E-state index in [9.17, 15) is 22.4 Å². The standard InChI is InChI=1S/C15H20FN3O6S2.2H2/c1-14(2,3)25-13(22)17-12-18-15(4,7-27(23,24)19(12)5)10-8(16)6-9(26-10)11(20)21;;/h6H,7H2,1-5H3,(H,20,21)(H,17,18,22);2*1H/t15-;;/m0../s1/i;2*1+1D. The number of sulfonamides is 1. The Bertz CT molecular complexity index is 936. The topological polar surface area (TPSA) is 125 Å². The van der Waals surface area contributed by atoms with Gasteiger partial charge in [-0.25, -0.2) is 31.7 Å². The number of carbonyl (C=O) groups is 2. The zero-order valence-electron chi connectivity index (χ0n) is 19.4. The van der Waals surface area contributed by atoms with Gasteiger partial charge in [0.15, 0.2) is 0 Å². The number of alkyl carbamates (subject to hydrolysis) is 1. The Kier molecular flexibility index (Phi) is 4.54. The van der Waals surface area contributed by atoms with E-state index in [1.165, 1.54) is 14.0 Å². The van der Waals surface area contributed by atoms with Crippen molar-refractivity contribution in [2.24, 2.45) is 4.99 Å². The molecule has 0 unspecified atom stereocenters. The molecule has 1 aromatic rings. The Morgan fingerprint density at radius 3 is 2.59 bits per heavy atom. The summed E-state index contributed by atoms with van der Waals surface area (Å²) in [4.78, 5) is 26.8. The molecule has 0 saturated heterocycles. The summed E-state index contributed by atoms with van der Waals surface area (Å²) in [5, 5.41) is 11.3. The molecule has 2 rings (SSSR count). The Hall–Kier alpha value is -2.21. The SMILES string of the molecule is CN1C(NC(=O)OC(C)(C)C)=N[C@](C)(c2sc(C(=O)O)cc2F)CS1(=O)=O.[2H][2H].[2H][2H]. The van der Waals surface area contributed by atoms with E-state index in [0.717, 1.165) is 10.4 Å². The van der Waals surface area contributed by atoms with Crippen LogP contribution in [0.15, 0.2) is 11.1 Å². The molecule has 1 aliphatic heterocycles. The normalized spacial score (nSPS) is 22.7. The number of aliphatic imine (C=N–C) groups is 1. The predicted octanol–water partition coefficient (Wildman–Crippen LogP) is 2.45. The minimum atomic E-state index is -3.96. The van der Waals surface area contributed by atoms with E-state index in [1.54, 1.807) is 20.8 Å². The highest BCUT2D eigenvalue weighted by Crippen LogP contribution is 2.38. The quantitative estimate of drug-likeness (QED) is 0.744. The van der Waals surface area contributed by atoms with Crippen molar-refractivity contribution in [3.8, 4) is 0 Å². The van der Waals surface area contributed by atoms with E-state index >= 15 is 0 Å². The van der Waals surface area contributed by atoms with Gasteiger partial charge in [-0.05, 0) is 33.8 Å². The molecule has 2 N–H and O–H groups in total. The van der Waals surface area contributed by atoms with Crippen LogP contribution in [0.1, 0.15) is 48.2 Å². The van der Waals surface area contributed by atoms with Crippen molar-refractivity contribution in [3.63, 3.8) is 0 Å². The number of nitrogens with one attached hydrogen (secondary N) is 1. The van der Waals surface area contributed by atoms with Crippen LogP contribution in [-0.2, 0) is 20.3 Å². The van der Waals surface area contributed by atoms with Crippen molar-refractivity contribution in [2.75, 3.05) is 12.8 Å². The Labute approximate surface area is 166 Å². The van der Waals surface area contributed by atoms with Gasteiger partial charge in [-0.1, -0.05) is 0 Å². The first-order valence-corrected chi connectivity index (χ1v) is 10.2. The second-order valence-corrected chi connectivity index (χ2v) is 10.2. The molecule has 27 heavy (non-hydrogen) atoms. The number of nitrogens with zero attached hydrogens (tertiary/aromatic N) is 2. The van der Waals surface area contributed by atoms with Gasteiger partial charge < -0.3 is 9.84 Å². The first kappa shape index (κ1) is 18.2. The van der Waals surface area contributed by atoms with Crippen LogP contribution in [0.3, 0.4) is 0 Å². The van der Waals surface area contributed by atoms with Crippen molar-refractivity contribution in [3.05, 3.63) is 21.6 Å². The van der Waals surface area contributed by atoms with Crippen LogP contribution in [-0.4, -0.2) is 54.3 Å². The maximum atomic E-state index is 14.3. The van der Waals surface area contributed by atoms with E-state index in [-0.39, 0.29) is 15.7 Å². The monoisotopic (exact) mass is 429 g/mol. The Morgan fingerprint density at radius 2 is 2.11 bits per heavy atom. The zero-order valence-corrected chi connectivity index (χ0v) is 17.0. The maximum Gasteiger partial charge on any atom is 0.414 e. The van der Waals surface area contributed by atoms with Gasteiger partial charge in [0.1, 0.15) is 21.8 Å². The maximum absolute atomic E-state index is 14.3. The largest absolute Gasteiger partial charge is 0.477 e. The summed E-state index contributed by atoms with van der Waals surface area (Å²) in [5.41, 5.74) is -2.44. The van der Waals surface area contributed by atoms with Gasteiger partial charge in [0.2, 0.25) is 16.0 Å². The fourth-order valence-electron chi connectivity index (χ4n) is 2.38. The summed E-state index contributed by atoms with van der Waals surface area (Å²) in [6, 6.07) is 0.814. The van der Waals surface area contributed by atoms with E-state index < -0.39 is 44.8 Å². The summed E-state index contributed by atoms with van der Waals surface area (Å²) in [5.74, 6) is -3.14. The predicted molar refractivity (Wildman–Crippen MR) is 101 cm³/mol. The molecule has 0 aliphatic carbocycles. The first-order valence-electron chi connectivity index (χ1n) is 9.74. The second kappa shape index (κ2) is 6.75. The van der Waals surface area contributed by atoms with Crippen LogP contribution < -0.4 is 5.32 Å². The zero-order chi connectivity index (χ0) is 24.8. The van der Waals surface area contributed by atoms with Crippen molar-refractivity contribution < 1.29 is 38.2 Å². The van der Waals surface area contributed by atoms with Crippen molar-refractivity contribution in [2.45, 2.75) is 38.8 Å². The third-order valence-corrected chi connectivity index (χ3v) is 6.82. The van der Waals surface area contributed by atoms with Crippen LogP contribution in [0.25, 0.3) is 0 Å². The van der Waals surface area contributed by atoms with Gasteiger partial charge in [0.05, 0.1) is 10.6 Å². The fraction of sp³-hybridized carbons (Fsp3) is 0.533. The van der Waals surface area contributed by atoms with Gasteiger partial charge in [0.25, 0.3) is 0 Å².